The number of fused-ring (bicyclic) bond motifs is 3. The van der Waals surface area contributed by atoms with E-state index in [-0.39, 0.29) is 11.6 Å². The van der Waals surface area contributed by atoms with Crippen LogP contribution in [0.1, 0.15) is 28.9 Å². The normalized spacial score (nSPS) is 18.7. The molecule has 2 aliphatic heterocycles. The molecule has 0 unspecified atom stereocenters. The molecular weight excluding hydrogens is 421 g/mol. The van der Waals surface area contributed by atoms with Gasteiger partial charge in [-0.25, -0.2) is 9.37 Å². The molecule has 0 spiro atoms. The molecule has 8 nitrogen and oxygen atoms in total. The van der Waals surface area contributed by atoms with Crippen molar-refractivity contribution in [2.24, 2.45) is 0 Å². The summed E-state index contributed by atoms with van der Waals surface area (Å²) < 4.78 is 16.0. The monoisotopic (exact) mass is 445 g/mol. The largest absolute Gasteiger partial charge is 0.368 e. The number of aromatic nitrogens is 4. The molecule has 3 aromatic heterocycles. The minimum Gasteiger partial charge on any atom is -0.368 e. The number of benzene rings is 1. The van der Waals surface area contributed by atoms with E-state index in [1.54, 1.807) is 36.0 Å². The maximum Gasteiger partial charge on any atom is 0.257 e. The van der Waals surface area contributed by atoms with E-state index in [9.17, 15) is 9.18 Å². The molecule has 6 rings (SSSR count). The summed E-state index contributed by atoms with van der Waals surface area (Å²) in [5.74, 6) is -0.852. The highest BCUT2D eigenvalue weighted by atomic mass is 19.1. The maximum atomic E-state index is 14.5. The number of nitrogens with one attached hydrogen (secondary N) is 1. The van der Waals surface area contributed by atoms with Gasteiger partial charge in [0.1, 0.15) is 5.52 Å². The highest BCUT2D eigenvalue weighted by molar-refractivity contribution is 6.13. The molecule has 0 radical (unpaired) electrons. The van der Waals surface area contributed by atoms with E-state index >= 15 is 0 Å². The standard InChI is InChI=1S/C24H24FN7O/c1-15-12-32-13-16(11-20(25)23(32)27-15)28-24(33)19-4-5-21(18-6-7-26-29-22(18)19)31-10-9-30-8-2-3-17(30)14-31/h4-7,11-13,17H,2-3,8-10,14H2,1H3,(H,28,33)/t17-/m1/s1. The van der Waals surface area contributed by atoms with Crippen LogP contribution in [0, 0.1) is 12.7 Å². The molecule has 1 amide bonds. The first-order valence-corrected chi connectivity index (χ1v) is 11.3. The third-order valence-corrected chi connectivity index (χ3v) is 6.72. The topological polar surface area (TPSA) is 78.7 Å². The van der Waals surface area contributed by atoms with Crippen LogP contribution >= 0.6 is 0 Å². The third kappa shape index (κ3) is 3.48. The lowest BCUT2D eigenvalue weighted by atomic mass is 10.0. The molecule has 1 atom stereocenters. The Morgan fingerprint density at radius 2 is 2.09 bits per heavy atom. The van der Waals surface area contributed by atoms with Crippen LogP contribution in [-0.2, 0) is 0 Å². The van der Waals surface area contributed by atoms with Crippen molar-refractivity contribution in [2.45, 2.75) is 25.8 Å². The Morgan fingerprint density at radius 3 is 3.00 bits per heavy atom. The van der Waals surface area contributed by atoms with Crippen molar-refractivity contribution in [3.05, 3.63) is 59.9 Å². The second-order valence-corrected chi connectivity index (χ2v) is 8.85. The van der Waals surface area contributed by atoms with Gasteiger partial charge < -0.3 is 14.6 Å². The zero-order valence-electron chi connectivity index (χ0n) is 18.3. The minimum absolute atomic E-state index is 0.230. The van der Waals surface area contributed by atoms with Crippen molar-refractivity contribution in [3.63, 3.8) is 0 Å². The Balaban J connectivity index is 1.33. The average Bonchev–Trinajstić information content (AvgIpc) is 3.43. The van der Waals surface area contributed by atoms with Gasteiger partial charge in [-0.05, 0) is 44.5 Å². The van der Waals surface area contributed by atoms with Gasteiger partial charge in [0, 0.05) is 55.2 Å². The molecule has 2 aliphatic rings. The molecule has 4 aromatic rings. The van der Waals surface area contributed by atoms with Gasteiger partial charge in [-0.2, -0.15) is 5.10 Å². The number of carbonyl (C=O) groups is 1. The summed E-state index contributed by atoms with van der Waals surface area (Å²) in [6, 6.07) is 7.56. The number of aryl methyl sites for hydroxylation is 1. The van der Waals surface area contributed by atoms with Crippen LogP contribution in [0.25, 0.3) is 16.6 Å². The number of carbonyl (C=O) groups excluding carboxylic acids is 1. The summed E-state index contributed by atoms with van der Waals surface area (Å²) in [5.41, 5.74) is 3.30. The Bertz CT molecular complexity index is 1380. The Morgan fingerprint density at radius 1 is 1.18 bits per heavy atom. The molecular formula is C24H24FN7O. The number of halogens is 1. The minimum atomic E-state index is -0.494. The van der Waals surface area contributed by atoms with Crippen LogP contribution in [0.15, 0.2) is 42.9 Å². The van der Waals surface area contributed by atoms with E-state index in [0.29, 0.717) is 28.5 Å². The number of hydrogen-bond acceptors (Lipinski definition) is 6. The first-order valence-electron chi connectivity index (χ1n) is 11.3. The predicted octanol–water partition coefficient (Wildman–Crippen LogP) is 3.26. The van der Waals surface area contributed by atoms with Crippen LogP contribution in [0.4, 0.5) is 15.8 Å². The van der Waals surface area contributed by atoms with E-state index in [2.05, 4.69) is 30.3 Å². The molecule has 1 aromatic carbocycles. The molecule has 5 heterocycles. The number of imidazole rings is 1. The zero-order valence-corrected chi connectivity index (χ0v) is 18.3. The van der Waals surface area contributed by atoms with Gasteiger partial charge in [0.05, 0.1) is 23.1 Å². The van der Waals surface area contributed by atoms with E-state index in [1.807, 2.05) is 12.1 Å². The van der Waals surface area contributed by atoms with Crippen LogP contribution < -0.4 is 10.2 Å². The Hall–Kier alpha value is -3.59. The van der Waals surface area contributed by atoms with Gasteiger partial charge in [-0.3, -0.25) is 9.69 Å². The Kier molecular flexibility index (Phi) is 4.72. The molecule has 168 valence electrons. The summed E-state index contributed by atoms with van der Waals surface area (Å²) in [4.78, 5) is 22.3. The maximum absolute atomic E-state index is 14.5. The van der Waals surface area contributed by atoms with Gasteiger partial charge in [-0.15, -0.1) is 5.10 Å². The zero-order chi connectivity index (χ0) is 22.5. The molecule has 0 bridgehead atoms. The van der Waals surface area contributed by atoms with Crippen molar-refractivity contribution in [1.82, 2.24) is 24.5 Å². The first kappa shape index (κ1) is 20.0. The lowest BCUT2D eigenvalue weighted by Crippen LogP contribution is -2.50. The van der Waals surface area contributed by atoms with Crippen molar-refractivity contribution in [1.29, 1.82) is 0 Å². The van der Waals surface area contributed by atoms with E-state index in [1.165, 1.54) is 25.5 Å². The van der Waals surface area contributed by atoms with Crippen molar-refractivity contribution in [3.8, 4) is 0 Å². The summed E-state index contributed by atoms with van der Waals surface area (Å²) in [6.07, 6.45) is 7.51. The van der Waals surface area contributed by atoms with Gasteiger partial charge in [0.2, 0.25) is 0 Å². The fourth-order valence-corrected chi connectivity index (χ4v) is 5.18. The van der Waals surface area contributed by atoms with E-state index in [0.717, 1.165) is 30.7 Å². The van der Waals surface area contributed by atoms with Crippen LogP contribution in [-0.4, -0.2) is 62.6 Å². The molecule has 2 fully saturated rings. The number of hydrogen-bond donors (Lipinski definition) is 1. The molecule has 0 saturated carbocycles. The lowest BCUT2D eigenvalue weighted by molar-refractivity contribution is 0.102. The van der Waals surface area contributed by atoms with E-state index < -0.39 is 5.82 Å². The molecule has 33 heavy (non-hydrogen) atoms. The second-order valence-electron chi connectivity index (χ2n) is 8.85. The summed E-state index contributed by atoms with van der Waals surface area (Å²) in [6.45, 7) is 5.96. The fourth-order valence-electron chi connectivity index (χ4n) is 5.18. The molecule has 9 heteroatoms. The second kappa shape index (κ2) is 7.77. The predicted molar refractivity (Wildman–Crippen MR) is 124 cm³/mol. The molecule has 0 aliphatic carbocycles. The molecule has 1 N–H and O–H groups in total. The number of pyridine rings is 1. The third-order valence-electron chi connectivity index (χ3n) is 6.72. The fraction of sp³-hybridized carbons (Fsp3) is 0.333. The van der Waals surface area contributed by atoms with Crippen molar-refractivity contribution >= 4 is 33.8 Å². The number of nitrogens with zero attached hydrogens (tertiary/aromatic N) is 6. The van der Waals surface area contributed by atoms with Gasteiger partial charge >= 0.3 is 0 Å². The van der Waals surface area contributed by atoms with Gasteiger partial charge in [0.15, 0.2) is 11.5 Å². The summed E-state index contributed by atoms with van der Waals surface area (Å²) in [5, 5.41) is 12.0. The van der Waals surface area contributed by atoms with Crippen molar-refractivity contribution in [2.75, 3.05) is 36.4 Å². The summed E-state index contributed by atoms with van der Waals surface area (Å²) in [7, 11) is 0. The molecule has 2 saturated heterocycles. The van der Waals surface area contributed by atoms with Crippen LogP contribution in [0.5, 0.6) is 0 Å². The van der Waals surface area contributed by atoms with Gasteiger partial charge in [0.25, 0.3) is 5.91 Å². The van der Waals surface area contributed by atoms with Crippen LogP contribution in [0.2, 0.25) is 0 Å². The van der Waals surface area contributed by atoms with Crippen LogP contribution in [0.3, 0.4) is 0 Å². The number of anilines is 2. The first-order chi connectivity index (χ1) is 16.1. The summed E-state index contributed by atoms with van der Waals surface area (Å²) >= 11 is 0. The smallest absolute Gasteiger partial charge is 0.257 e. The average molecular weight is 446 g/mol. The highest BCUT2D eigenvalue weighted by Crippen LogP contribution is 2.32. The number of rotatable bonds is 3. The lowest BCUT2D eigenvalue weighted by Gasteiger charge is -2.39. The SMILES string of the molecule is Cc1cn2cc(NC(=O)c3ccc(N4CCN5CCC[C@@H]5C4)c4ccnnc34)cc(F)c2n1. The quantitative estimate of drug-likeness (QED) is 0.522. The Labute approximate surface area is 190 Å². The van der Waals surface area contributed by atoms with Crippen molar-refractivity contribution < 1.29 is 9.18 Å². The number of piperazine rings is 1. The van der Waals surface area contributed by atoms with Gasteiger partial charge in [-0.1, -0.05) is 0 Å². The highest BCUT2D eigenvalue weighted by Gasteiger charge is 2.31. The number of amides is 1. The van der Waals surface area contributed by atoms with E-state index in [4.69, 9.17) is 0 Å².